The molecule has 90 valence electrons. The zero-order valence-corrected chi connectivity index (χ0v) is 11.3. The fourth-order valence-electron chi connectivity index (χ4n) is 2.10. The molecule has 0 unspecified atom stereocenters. The fourth-order valence-corrected chi connectivity index (χ4v) is 2.57. The third-order valence-corrected chi connectivity index (χ3v) is 3.18. The molecule has 0 saturated heterocycles. The molecule has 17 heavy (non-hydrogen) atoms. The van der Waals surface area contributed by atoms with Crippen LogP contribution in [-0.2, 0) is 6.54 Å². The molecule has 0 aliphatic carbocycles. The largest absolute Gasteiger partial charge is 0.354 e. The van der Waals surface area contributed by atoms with Gasteiger partial charge in [-0.3, -0.25) is 0 Å². The number of benzene rings is 1. The maximum absolute atomic E-state index is 5.43. The van der Waals surface area contributed by atoms with Crippen LogP contribution in [0.1, 0.15) is 26.3 Å². The van der Waals surface area contributed by atoms with Crippen molar-refractivity contribution >= 4 is 17.3 Å². The quantitative estimate of drug-likeness (QED) is 0.807. The van der Waals surface area contributed by atoms with Crippen LogP contribution < -0.4 is 5.32 Å². The Kier molecular flexibility index (Phi) is 3.20. The molecule has 1 aromatic carbocycles. The van der Waals surface area contributed by atoms with Gasteiger partial charge in [0.2, 0.25) is 0 Å². The molecule has 1 N–H and O–H groups in total. The van der Waals surface area contributed by atoms with E-state index in [9.17, 15) is 0 Å². The summed E-state index contributed by atoms with van der Waals surface area (Å²) in [6, 6.07) is 10.4. The molecule has 1 heterocycles. The Morgan fingerprint density at radius 2 is 1.88 bits per heavy atom. The van der Waals surface area contributed by atoms with Crippen LogP contribution in [-0.4, -0.2) is 15.6 Å². The summed E-state index contributed by atoms with van der Waals surface area (Å²) in [6.45, 7) is 7.19. The summed E-state index contributed by atoms with van der Waals surface area (Å²) in [5, 5.41) is 4.14. The van der Waals surface area contributed by atoms with Crippen LogP contribution in [0.2, 0.25) is 0 Å². The number of hydrogen-bond acceptors (Lipinski definition) is 1. The van der Waals surface area contributed by atoms with E-state index in [0.29, 0.717) is 0 Å². The van der Waals surface area contributed by atoms with Gasteiger partial charge in [0.25, 0.3) is 0 Å². The molecule has 2 nitrogen and oxygen atoms in total. The molecular formula is C14H18N2S. The standard InChI is InChI=1S/C14H18N2S/c1-11-9-14(2,3)15-13(17)16(11)10-12-7-5-4-6-8-12/h4-9H,10H2,1-3H3,(H,15,17). The number of nitrogens with zero attached hydrogens (tertiary/aromatic N) is 1. The van der Waals surface area contributed by atoms with E-state index < -0.39 is 0 Å². The van der Waals surface area contributed by atoms with E-state index in [1.165, 1.54) is 11.3 Å². The van der Waals surface area contributed by atoms with Crippen molar-refractivity contribution in [2.45, 2.75) is 32.9 Å². The Balaban J connectivity index is 2.20. The average Bonchev–Trinajstić information content (AvgIpc) is 2.24. The van der Waals surface area contributed by atoms with Gasteiger partial charge in [-0.2, -0.15) is 0 Å². The van der Waals surface area contributed by atoms with Crippen LogP contribution in [0.15, 0.2) is 42.1 Å². The zero-order chi connectivity index (χ0) is 12.5. The van der Waals surface area contributed by atoms with Crippen LogP contribution in [0.5, 0.6) is 0 Å². The smallest absolute Gasteiger partial charge is 0.174 e. The molecule has 0 bridgehead atoms. The van der Waals surface area contributed by atoms with Gasteiger partial charge in [-0.05, 0) is 44.6 Å². The van der Waals surface area contributed by atoms with E-state index in [-0.39, 0.29) is 5.54 Å². The lowest BCUT2D eigenvalue weighted by atomic mass is 10.0. The van der Waals surface area contributed by atoms with E-state index in [2.05, 4.69) is 61.3 Å². The van der Waals surface area contributed by atoms with Gasteiger partial charge >= 0.3 is 0 Å². The Hall–Kier alpha value is -1.35. The number of rotatable bonds is 2. The van der Waals surface area contributed by atoms with E-state index in [0.717, 1.165) is 11.7 Å². The molecule has 1 aliphatic heterocycles. The molecule has 0 fully saturated rings. The maximum atomic E-state index is 5.43. The zero-order valence-electron chi connectivity index (χ0n) is 10.5. The van der Waals surface area contributed by atoms with Crippen LogP contribution >= 0.6 is 12.2 Å². The van der Waals surface area contributed by atoms with E-state index in [1.54, 1.807) is 0 Å². The van der Waals surface area contributed by atoms with Crippen molar-refractivity contribution in [3.8, 4) is 0 Å². The van der Waals surface area contributed by atoms with Crippen LogP contribution in [0.25, 0.3) is 0 Å². The highest BCUT2D eigenvalue weighted by molar-refractivity contribution is 7.80. The molecule has 0 spiro atoms. The minimum atomic E-state index is -0.0473. The van der Waals surface area contributed by atoms with Crippen molar-refractivity contribution in [3.05, 3.63) is 47.7 Å². The van der Waals surface area contributed by atoms with Crippen molar-refractivity contribution in [1.29, 1.82) is 0 Å². The third kappa shape index (κ3) is 2.86. The van der Waals surface area contributed by atoms with Crippen molar-refractivity contribution < 1.29 is 0 Å². The van der Waals surface area contributed by atoms with Crippen molar-refractivity contribution in [3.63, 3.8) is 0 Å². The monoisotopic (exact) mass is 246 g/mol. The lowest BCUT2D eigenvalue weighted by Gasteiger charge is -2.38. The fraction of sp³-hybridized carbons (Fsp3) is 0.357. The highest BCUT2D eigenvalue weighted by atomic mass is 32.1. The molecule has 0 radical (unpaired) electrons. The summed E-state index contributed by atoms with van der Waals surface area (Å²) in [4.78, 5) is 2.13. The minimum Gasteiger partial charge on any atom is -0.354 e. The molecule has 2 rings (SSSR count). The average molecular weight is 246 g/mol. The number of nitrogens with one attached hydrogen (secondary N) is 1. The maximum Gasteiger partial charge on any atom is 0.174 e. The topological polar surface area (TPSA) is 15.3 Å². The second-order valence-corrected chi connectivity index (χ2v) is 5.40. The second kappa shape index (κ2) is 4.49. The molecule has 0 atom stereocenters. The number of allylic oxidation sites excluding steroid dienone is 1. The number of thiocarbonyl (C=S) groups is 1. The Bertz CT molecular complexity index is 449. The molecule has 3 heteroatoms. The second-order valence-electron chi connectivity index (χ2n) is 5.01. The predicted molar refractivity (Wildman–Crippen MR) is 75.6 cm³/mol. The van der Waals surface area contributed by atoms with E-state index in [1.807, 2.05) is 6.07 Å². The molecule has 0 aromatic heterocycles. The summed E-state index contributed by atoms with van der Waals surface area (Å²) in [7, 11) is 0. The summed E-state index contributed by atoms with van der Waals surface area (Å²) < 4.78 is 0. The first-order chi connectivity index (χ1) is 7.98. The Labute approximate surface area is 108 Å². The van der Waals surface area contributed by atoms with Gasteiger partial charge in [0, 0.05) is 12.2 Å². The molecular weight excluding hydrogens is 228 g/mol. The van der Waals surface area contributed by atoms with Gasteiger partial charge < -0.3 is 10.2 Å². The van der Waals surface area contributed by atoms with Crippen LogP contribution in [0, 0.1) is 0 Å². The van der Waals surface area contributed by atoms with Gasteiger partial charge in [-0.15, -0.1) is 0 Å². The van der Waals surface area contributed by atoms with Gasteiger partial charge in [-0.25, -0.2) is 0 Å². The Morgan fingerprint density at radius 1 is 1.24 bits per heavy atom. The van der Waals surface area contributed by atoms with Gasteiger partial charge in [0.15, 0.2) is 5.11 Å². The minimum absolute atomic E-state index is 0.0473. The van der Waals surface area contributed by atoms with Crippen molar-refractivity contribution in [2.75, 3.05) is 0 Å². The summed E-state index contributed by atoms with van der Waals surface area (Å²) in [5.74, 6) is 0. The van der Waals surface area contributed by atoms with E-state index >= 15 is 0 Å². The van der Waals surface area contributed by atoms with Gasteiger partial charge in [0.05, 0.1) is 5.54 Å². The first-order valence-corrected chi connectivity index (χ1v) is 6.22. The highest BCUT2D eigenvalue weighted by Gasteiger charge is 2.26. The molecule has 1 aromatic rings. The first kappa shape index (κ1) is 12.1. The first-order valence-electron chi connectivity index (χ1n) is 5.81. The lowest BCUT2D eigenvalue weighted by Crippen LogP contribution is -2.52. The van der Waals surface area contributed by atoms with Crippen molar-refractivity contribution in [2.24, 2.45) is 0 Å². The molecule has 0 saturated carbocycles. The van der Waals surface area contributed by atoms with Gasteiger partial charge in [0.1, 0.15) is 0 Å². The summed E-state index contributed by atoms with van der Waals surface area (Å²) >= 11 is 5.43. The van der Waals surface area contributed by atoms with E-state index in [4.69, 9.17) is 12.2 Å². The Morgan fingerprint density at radius 3 is 2.47 bits per heavy atom. The molecule has 1 aliphatic rings. The van der Waals surface area contributed by atoms with Crippen molar-refractivity contribution in [1.82, 2.24) is 10.2 Å². The summed E-state index contributed by atoms with van der Waals surface area (Å²) in [6.07, 6.45) is 2.21. The van der Waals surface area contributed by atoms with Gasteiger partial charge in [-0.1, -0.05) is 30.3 Å². The van der Waals surface area contributed by atoms with Crippen LogP contribution in [0.4, 0.5) is 0 Å². The van der Waals surface area contributed by atoms with Crippen LogP contribution in [0.3, 0.4) is 0 Å². The number of hydrogen-bond donors (Lipinski definition) is 1. The third-order valence-electron chi connectivity index (χ3n) is 2.85. The lowest BCUT2D eigenvalue weighted by molar-refractivity contribution is 0.422. The highest BCUT2D eigenvalue weighted by Crippen LogP contribution is 2.20. The predicted octanol–water partition coefficient (Wildman–Crippen LogP) is 3.06. The molecule has 0 amide bonds. The normalized spacial score (nSPS) is 18.6. The SMILES string of the molecule is CC1=CC(C)(C)NC(=S)N1Cc1ccccc1. The summed E-state index contributed by atoms with van der Waals surface area (Å²) in [5.41, 5.74) is 2.43.